The quantitative estimate of drug-likeness (QED) is 0.923. The summed E-state index contributed by atoms with van der Waals surface area (Å²) in [5, 5.41) is 13.0. The van der Waals surface area contributed by atoms with E-state index >= 15 is 0 Å². The summed E-state index contributed by atoms with van der Waals surface area (Å²) in [4.78, 5) is 0. The Kier molecular flexibility index (Phi) is 4.29. The second kappa shape index (κ2) is 6.57. The van der Waals surface area contributed by atoms with Gasteiger partial charge in [0.25, 0.3) is 0 Å². The van der Waals surface area contributed by atoms with E-state index in [1.807, 2.05) is 18.2 Å². The highest BCUT2D eigenvalue weighted by molar-refractivity contribution is 6.30. The van der Waals surface area contributed by atoms with E-state index < -0.39 is 0 Å². The van der Waals surface area contributed by atoms with Crippen LogP contribution in [0.2, 0.25) is 5.02 Å². The molecule has 3 heterocycles. The van der Waals surface area contributed by atoms with Crippen molar-refractivity contribution in [3.8, 4) is 5.75 Å². The van der Waals surface area contributed by atoms with Crippen LogP contribution in [0.25, 0.3) is 6.08 Å². The second-order valence-corrected chi connectivity index (χ2v) is 6.90. The maximum absolute atomic E-state index is 6.07. The summed E-state index contributed by atoms with van der Waals surface area (Å²) in [6.07, 6.45) is 5.62. The third-order valence-corrected chi connectivity index (χ3v) is 4.89. The molecule has 2 aromatic rings. The second-order valence-electron chi connectivity index (χ2n) is 6.46. The molecule has 0 bridgehead atoms. The Hall–Kier alpha value is -1.85. The molecule has 2 aliphatic heterocycles. The number of aromatic nitrogens is 3. The summed E-state index contributed by atoms with van der Waals surface area (Å²) >= 11 is 6.07. The predicted octanol–water partition coefficient (Wildman–Crippen LogP) is 3.39. The van der Waals surface area contributed by atoms with Gasteiger partial charge in [-0.05, 0) is 49.6 Å². The Labute approximate surface area is 146 Å². The Bertz CT molecular complexity index is 783. The van der Waals surface area contributed by atoms with Crippen molar-refractivity contribution in [2.45, 2.75) is 38.8 Å². The Morgan fingerprint density at radius 3 is 3.17 bits per heavy atom. The lowest BCUT2D eigenvalue weighted by atomic mass is 10.1. The molecular formula is C18H21ClN4O. The molecule has 1 aromatic heterocycles. The first-order chi connectivity index (χ1) is 11.7. The van der Waals surface area contributed by atoms with Crippen LogP contribution in [0.4, 0.5) is 0 Å². The molecule has 0 saturated heterocycles. The van der Waals surface area contributed by atoms with Crippen molar-refractivity contribution in [2.24, 2.45) is 0 Å². The summed E-state index contributed by atoms with van der Waals surface area (Å²) in [6, 6.07) is 5.87. The molecule has 4 rings (SSSR count). The van der Waals surface area contributed by atoms with Gasteiger partial charge in [0.1, 0.15) is 24.0 Å². The van der Waals surface area contributed by atoms with Crippen molar-refractivity contribution in [1.29, 1.82) is 0 Å². The van der Waals surface area contributed by atoms with Gasteiger partial charge in [-0.25, -0.2) is 0 Å². The van der Waals surface area contributed by atoms with Gasteiger partial charge < -0.3 is 14.6 Å². The van der Waals surface area contributed by atoms with E-state index in [0.717, 1.165) is 47.5 Å². The molecular weight excluding hydrogens is 324 g/mol. The van der Waals surface area contributed by atoms with Gasteiger partial charge in [0.15, 0.2) is 0 Å². The van der Waals surface area contributed by atoms with E-state index in [4.69, 9.17) is 16.3 Å². The highest BCUT2D eigenvalue weighted by Gasteiger charge is 2.20. The fourth-order valence-electron chi connectivity index (χ4n) is 3.32. The van der Waals surface area contributed by atoms with Crippen LogP contribution in [0.15, 0.2) is 23.8 Å². The summed E-state index contributed by atoms with van der Waals surface area (Å²) in [6.45, 7) is 4.53. The van der Waals surface area contributed by atoms with Crippen molar-refractivity contribution < 1.29 is 4.74 Å². The summed E-state index contributed by atoms with van der Waals surface area (Å²) in [5.74, 6) is 3.04. The third-order valence-electron chi connectivity index (χ3n) is 4.66. The molecule has 2 aliphatic rings. The van der Waals surface area contributed by atoms with Crippen molar-refractivity contribution >= 4 is 17.7 Å². The first-order valence-corrected chi connectivity index (χ1v) is 8.85. The van der Waals surface area contributed by atoms with Gasteiger partial charge in [0.2, 0.25) is 0 Å². The normalized spacial score (nSPS) is 17.5. The van der Waals surface area contributed by atoms with Crippen LogP contribution in [0.5, 0.6) is 5.75 Å². The molecule has 1 atom stereocenters. The number of aryl methyl sites for hydroxylation is 1. The molecule has 0 radical (unpaired) electrons. The van der Waals surface area contributed by atoms with Crippen molar-refractivity contribution in [1.82, 2.24) is 20.1 Å². The highest BCUT2D eigenvalue weighted by atomic mass is 35.5. The average Bonchev–Trinajstić information content (AvgIpc) is 3.03. The lowest BCUT2D eigenvalue weighted by Gasteiger charge is -2.21. The number of nitrogens with one attached hydrogen (secondary N) is 1. The van der Waals surface area contributed by atoms with Gasteiger partial charge in [-0.15, -0.1) is 10.2 Å². The molecule has 1 aromatic carbocycles. The van der Waals surface area contributed by atoms with Crippen LogP contribution >= 0.6 is 11.6 Å². The fourth-order valence-corrected chi connectivity index (χ4v) is 3.50. The lowest BCUT2D eigenvalue weighted by Crippen LogP contribution is -2.27. The van der Waals surface area contributed by atoms with Gasteiger partial charge in [0, 0.05) is 30.1 Å². The van der Waals surface area contributed by atoms with Crippen molar-refractivity contribution in [3.63, 3.8) is 0 Å². The fraction of sp³-hybridized carbons (Fsp3) is 0.444. The molecule has 1 unspecified atom stereocenters. The van der Waals surface area contributed by atoms with E-state index in [-0.39, 0.29) is 6.04 Å². The standard InChI is InChI=1S/C18H21ClN4O/c1-12(18-22-21-17-4-2-3-7-23(17)18)20-10-13-8-14-9-15(19)5-6-16(14)24-11-13/h5-6,8-9,12,20H,2-4,7,10-11H2,1H3. The largest absolute Gasteiger partial charge is 0.489 e. The van der Waals surface area contributed by atoms with Crippen LogP contribution in [-0.4, -0.2) is 27.9 Å². The number of fused-ring (bicyclic) bond motifs is 2. The first-order valence-electron chi connectivity index (χ1n) is 8.48. The molecule has 126 valence electrons. The molecule has 6 heteroatoms. The topological polar surface area (TPSA) is 52.0 Å². The number of halogens is 1. The van der Waals surface area contributed by atoms with E-state index in [9.17, 15) is 0 Å². The maximum atomic E-state index is 6.07. The molecule has 0 aliphatic carbocycles. The summed E-state index contributed by atoms with van der Waals surface area (Å²) in [7, 11) is 0. The maximum Gasteiger partial charge on any atom is 0.149 e. The number of rotatable bonds is 4. The molecule has 0 spiro atoms. The zero-order valence-corrected chi connectivity index (χ0v) is 14.5. The van der Waals surface area contributed by atoms with E-state index in [0.29, 0.717) is 6.61 Å². The first kappa shape index (κ1) is 15.7. The molecule has 0 fully saturated rings. The average molecular weight is 345 g/mol. The zero-order valence-electron chi connectivity index (χ0n) is 13.8. The smallest absolute Gasteiger partial charge is 0.149 e. The minimum absolute atomic E-state index is 0.158. The van der Waals surface area contributed by atoms with Crippen LogP contribution in [0.1, 0.15) is 43.0 Å². The Morgan fingerprint density at radius 2 is 2.25 bits per heavy atom. The van der Waals surface area contributed by atoms with Gasteiger partial charge in [0.05, 0.1) is 6.04 Å². The summed E-state index contributed by atoms with van der Waals surface area (Å²) in [5.41, 5.74) is 2.24. The summed E-state index contributed by atoms with van der Waals surface area (Å²) < 4.78 is 8.07. The SMILES string of the molecule is CC(NCC1=Cc2cc(Cl)ccc2OC1)c1nnc2n1CCCC2. The number of nitrogens with zero attached hydrogens (tertiary/aromatic N) is 3. The minimum atomic E-state index is 0.158. The molecule has 5 nitrogen and oxygen atoms in total. The van der Waals surface area contributed by atoms with Crippen LogP contribution in [0, 0.1) is 0 Å². The predicted molar refractivity (Wildman–Crippen MR) is 94.3 cm³/mol. The van der Waals surface area contributed by atoms with Gasteiger partial charge in [-0.2, -0.15) is 0 Å². The zero-order chi connectivity index (χ0) is 16.5. The Morgan fingerprint density at radius 1 is 1.33 bits per heavy atom. The lowest BCUT2D eigenvalue weighted by molar-refractivity contribution is 0.341. The number of ether oxygens (including phenoxy) is 1. The van der Waals surface area contributed by atoms with E-state index in [1.54, 1.807) is 0 Å². The molecule has 1 N–H and O–H groups in total. The van der Waals surface area contributed by atoms with Crippen molar-refractivity contribution in [3.05, 3.63) is 46.0 Å². The molecule has 0 saturated carbocycles. The monoisotopic (exact) mass is 344 g/mol. The van der Waals surface area contributed by atoms with Crippen LogP contribution in [0.3, 0.4) is 0 Å². The van der Waals surface area contributed by atoms with Crippen molar-refractivity contribution in [2.75, 3.05) is 13.2 Å². The van der Waals surface area contributed by atoms with Crippen LogP contribution in [-0.2, 0) is 13.0 Å². The number of benzene rings is 1. The minimum Gasteiger partial charge on any atom is -0.489 e. The van der Waals surface area contributed by atoms with E-state index in [1.165, 1.54) is 18.4 Å². The van der Waals surface area contributed by atoms with Gasteiger partial charge >= 0.3 is 0 Å². The van der Waals surface area contributed by atoms with Gasteiger partial charge in [-0.3, -0.25) is 0 Å². The third kappa shape index (κ3) is 3.06. The number of hydrogen-bond acceptors (Lipinski definition) is 4. The number of hydrogen-bond donors (Lipinski definition) is 1. The highest BCUT2D eigenvalue weighted by Crippen LogP contribution is 2.29. The van der Waals surface area contributed by atoms with Gasteiger partial charge in [-0.1, -0.05) is 11.6 Å². The molecule has 24 heavy (non-hydrogen) atoms. The van der Waals surface area contributed by atoms with Crippen LogP contribution < -0.4 is 10.1 Å². The Balaban J connectivity index is 1.44. The van der Waals surface area contributed by atoms with E-state index in [2.05, 4.69) is 33.1 Å². The molecule has 0 amide bonds.